The quantitative estimate of drug-likeness (QED) is 0.625. The summed E-state index contributed by atoms with van der Waals surface area (Å²) in [5.41, 5.74) is 1.63. The van der Waals surface area contributed by atoms with E-state index in [2.05, 4.69) is 5.32 Å². The van der Waals surface area contributed by atoms with Crippen LogP contribution in [0.1, 0.15) is 27.5 Å². The van der Waals surface area contributed by atoms with Gasteiger partial charge in [-0.3, -0.25) is 4.79 Å². The summed E-state index contributed by atoms with van der Waals surface area (Å²) in [6.07, 6.45) is 0. The standard InChI is InChI=1S/C17H13ClFNOS2/c1-10(14-6-7-15(18)23-14)20-17(21)16-13(8-9-22-16)11-2-4-12(19)5-3-11/h2-10H,1H3,(H,20,21)/t10-/m0/s1. The summed E-state index contributed by atoms with van der Waals surface area (Å²) in [5.74, 6) is -0.436. The maximum Gasteiger partial charge on any atom is 0.262 e. The minimum atomic E-state index is -0.293. The number of carbonyl (C=O) groups excluding carboxylic acids is 1. The van der Waals surface area contributed by atoms with Crippen molar-refractivity contribution < 1.29 is 9.18 Å². The molecule has 0 saturated heterocycles. The SMILES string of the molecule is C[C@H](NC(=O)c1sccc1-c1ccc(F)cc1)c1ccc(Cl)s1. The molecule has 1 atom stereocenters. The normalized spacial score (nSPS) is 12.1. The maximum absolute atomic E-state index is 13.1. The number of amides is 1. The summed E-state index contributed by atoms with van der Waals surface area (Å²) in [5, 5.41) is 4.84. The molecule has 1 aromatic carbocycles. The van der Waals surface area contributed by atoms with Crippen LogP contribution in [0.15, 0.2) is 47.8 Å². The molecule has 0 spiro atoms. The summed E-state index contributed by atoms with van der Waals surface area (Å²) >= 11 is 8.76. The highest BCUT2D eigenvalue weighted by atomic mass is 35.5. The largest absolute Gasteiger partial charge is 0.344 e. The third-order valence-electron chi connectivity index (χ3n) is 3.40. The predicted molar refractivity (Wildman–Crippen MR) is 94.9 cm³/mol. The zero-order valence-electron chi connectivity index (χ0n) is 12.2. The first-order valence-electron chi connectivity index (χ1n) is 6.94. The lowest BCUT2D eigenvalue weighted by molar-refractivity contribution is 0.0945. The van der Waals surface area contributed by atoms with E-state index in [4.69, 9.17) is 11.6 Å². The fourth-order valence-corrected chi connectivity index (χ4v) is 4.12. The van der Waals surface area contributed by atoms with Crippen molar-refractivity contribution in [3.8, 4) is 11.1 Å². The molecule has 23 heavy (non-hydrogen) atoms. The third kappa shape index (κ3) is 3.63. The molecule has 0 fully saturated rings. The van der Waals surface area contributed by atoms with Gasteiger partial charge in [0.05, 0.1) is 15.3 Å². The Labute approximate surface area is 146 Å². The van der Waals surface area contributed by atoms with Crippen LogP contribution < -0.4 is 5.32 Å². The summed E-state index contributed by atoms with van der Waals surface area (Å²) in [7, 11) is 0. The summed E-state index contributed by atoms with van der Waals surface area (Å²) in [6.45, 7) is 1.92. The van der Waals surface area contributed by atoms with E-state index < -0.39 is 0 Å². The molecule has 0 unspecified atom stereocenters. The van der Waals surface area contributed by atoms with Crippen LogP contribution in [0.4, 0.5) is 4.39 Å². The third-order valence-corrected chi connectivity index (χ3v) is 5.72. The average Bonchev–Trinajstić information content (AvgIpc) is 3.17. The van der Waals surface area contributed by atoms with Crippen LogP contribution in [0.25, 0.3) is 11.1 Å². The topological polar surface area (TPSA) is 29.1 Å². The molecule has 3 rings (SSSR count). The van der Waals surface area contributed by atoms with Crippen LogP contribution >= 0.6 is 34.3 Å². The van der Waals surface area contributed by atoms with Crippen molar-refractivity contribution >= 4 is 40.2 Å². The molecule has 1 N–H and O–H groups in total. The number of carbonyl (C=O) groups is 1. The van der Waals surface area contributed by atoms with Crippen molar-refractivity contribution in [3.63, 3.8) is 0 Å². The highest BCUT2D eigenvalue weighted by Crippen LogP contribution is 2.30. The molecule has 2 heterocycles. The monoisotopic (exact) mass is 365 g/mol. The zero-order chi connectivity index (χ0) is 16.4. The number of halogens is 2. The lowest BCUT2D eigenvalue weighted by Gasteiger charge is -2.12. The van der Waals surface area contributed by atoms with Crippen molar-refractivity contribution in [2.24, 2.45) is 0 Å². The highest BCUT2D eigenvalue weighted by molar-refractivity contribution is 7.16. The first-order chi connectivity index (χ1) is 11.0. The van der Waals surface area contributed by atoms with Crippen molar-refractivity contribution in [3.05, 3.63) is 67.8 Å². The van der Waals surface area contributed by atoms with Gasteiger partial charge >= 0.3 is 0 Å². The van der Waals surface area contributed by atoms with Gasteiger partial charge in [-0.05, 0) is 48.2 Å². The Hall–Kier alpha value is -1.69. The van der Waals surface area contributed by atoms with E-state index in [0.29, 0.717) is 9.21 Å². The molecule has 0 aliphatic heterocycles. The number of benzene rings is 1. The smallest absolute Gasteiger partial charge is 0.262 e. The highest BCUT2D eigenvalue weighted by Gasteiger charge is 2.18. The van der Waals surface area contributed by atoms with Gasteiger partial charge in [-0.15, -0.1) is 22.7 Å². The second-order valence-corrected chi connectivity index (χ2v) is 7.67. The van der Waals surface area contributed by atoms with E-state index >= 15 is 0 Å². The van der Waals surface area contributed by atoms with Crippen molar-refractivity contribution in [1.29, 1.82) is 0 Å². The molecule has 0 saturated carbocycles. The van der Waals surface area contributed by atoms with Gasteiger partial charge in [0.1, 0.15) is 5.82 Å². The van der Waals surface area contributed by atoms with Gasteiger partial charge in [-0.25, -0.2) is 4.39 Å². The molecule has 0 radical (unpaired) electrons. The zero-order valence-corrected chi connectivity index (χ0v) is 14.6. The van der Waals surface area contributed by atoms with E-state index in [1.165, 1.54) is 34.8 Å². The van der Waals surface area contributed by atoms with E-state index in [-0.39, 0.29) is 17.8 Å². The fraction of sp³-hybridized carbons (Fsp3) is 0.118. The van der Waals surface area contributed by atoms with Crippen molar-refractivity contribution in [2.75, 3.05) is 0 Å². The summed E-state index contributed by atoms with van der Waals surface area (Å²) in [4.78, 5) is 14.2. The molecule has 0 aliphatic carbocycles. The second-order valence-electron chi connectivity index (χ2n) is 5.01. The van der Waals surface area contributed by atoms with Gasteiger partial charge < -0.3 is 5.32 Å². The molecule has 0 aliphatic rings. The Morgan fingerprint density at radius 2 is 1.91 bits per heavy atom. The van der Waals surface area contributed by atoms with Gasteiger partial charge in [0, 0.05) is 10.4 Å². The van der Waals surface area contributed by atoms with Crippen LogP contribution in [-0.2, 0) is 0 Å². The Morgan fingerprint density at radius 1 is 1.17 bits per heavy atom. The predicted octanol–water partition coefficient (Wildman–Crippen LogP) is 5.76. The Bertz CT molecular complexity index is 825. The van der Waals surface area contributed by atoms with Gasteiger partial charge in [0.2, 0.25) is 0 Å². The molecular formula is C17H13ClFNOS2. The van der Waals surface area contributed by atoms with Gasteiger partial charge in [-0.1, -0.05) is 23.7 Å². The molecule has 0 bridgehead atoms. The van der Waals surface area contributed by atoms with Crippen molar-refractivity contribution in [2.45, 2.75) is 13.0 Å². The fourth-order valence-electron chi connectivity index (χ4n) is 2.24. The summed E-state index contributed by atoms with van der Waals surface area (Å²) < 4.78 is 13.8. The maximum atomic E-state index is 13.1. The van der Waals surface area contributed by atoms with Gasteiger partial charge in [0.25, 0.3) is 5.91 Å². The van der Waals surface area contributed by atoms with E-state index in [1.54, 1.807) is 12.1 Å². The molecule has 3 aromatic rings. The minimum absolute atomic E-state index is 0.122. The number of rotatable bonds is 4. The molecule has 2 nitrogen and oxygen atoms in total. The number of nitrogens with one attached hydrogen (secondary N) is 1. The van der Waals surface area contributed by atoms with Crippen LogP contribution in [-0.4, -0.2) is 5.91 Å². The lowest BCUT2D eigenvalue weighted by atomic mass is 10.1. The molecule has 118 valence electrons. The van der Waals surface area contributed by atoms with Crippen LogP contribution in [0, 0.1) is 5.82 Å². The molecular weight excluding hydrogens is 353 g/mol. The van der Waals surface area contributed by atoms with Crippen molar-refractivity contribution in [1.82, 2.24) is 5.32 Å². The number of thiophene rings is 2. The number of hydrogen-bond donors (Lipinski definition) is 1. The Balaban J connectivity index is 1.81. The van der Waals surface area contributed by atoms with E-state index in [1.807, 2.05) is 30.5 Å². The summed E-state index contributed by atoms with van der Waals surface area (Å²) in [6, 6.07) is 11.6. The first-order valence-corrected chi connectivity index (χ1v) is 9.01. The van der Waals surface area contributed by atoms with Gasteiger partial charge in [0.15, 0.2) is 0 Å². The molecule has 6 heteroatoms. The van der Waals surface area contributed by atoms with Gasteiger partial charge in [-0.2, -0.15) is 0 Å². The van der Waals surface area contributed by atoms with E-state index in [9.17, 15) is 9.18 Å². The second kappa shape index (κ2) is 6.83. The number of hydrogen-bond acceptors (Lipinski definition) is 3. The Kier molecular flexibility index (Phi) is 4.80. The lowest BCUT2D eigenvalue weighted by Crippen LogP contribution is -2.25. The van der Waals surface area contributed by atoms with E-state index in [0.717, 1.165) is 16.0 Å². The first kappa shape index (κ1) is 16.2. The van der Waals surface area contributed by atoms with Crippen LogP contribution in [0.2, 0.25) is 4.34 Å². The average molecular weight is 366 g/mol. The Morgan fingerprint density at radius 3 is 2.57 bits per heavy atom. The molecule has 2 aromatic heterocycles. The van der Waals surface area contributed by atoms with Crippen LogP contribution in [0.3, 0.4) is 0 Å². The minimum Gasteiger partial charge on any atom is -0.344 e. The molecule has 1 amide bonds. The van der Waals surface area contributed by atoms with Crippen LogP contribution in [0.5, 0.6) is 0 Å².